The molecule has 0 spiro atoms. The molecule has 1 amide bonds. The molecule has 2 fully saturated rings. The van der Waals surface area contributed by atoms with Gasteiger partial charge in [0.1, 0.15) is 5.76 Å². The lowest BCUT2D eigenvalue weighted by Gasteiger charge is -2.37. The molecule has 26 heavy (non-hydrogen) atoms. The van der Waals surface area contributed by atoms with Crippen LogP contribution < -0.4 is 0 Å². The molecule has 1 aliphatic heterocycles. The van der Waals surface area contributed by atoms with Crippen molar-refractivity contribution in [2.24, 2.45) is 5.92 Å². The molecule has 3 heterocycles. The van der Waals surface area contributed by atoms with E-state index in [4.69, 9.17) is 13.9 Å². The van der Waals surface area contributed by atoms with Gasteiger partial charge in [0.05, 0.1) is 32.0 Å². The second kappa shape index (κ2) is 7.60. The standard InChI is InChI=1S/C20H24N2O4/c1-14-2-3-18(26-14)20(23)22-8-9-25-19-11-16(10-17(19)22)13-24-12-15-4-6-21-7-5-15/h2-7,16-17,19H,8-13H2,1H3/t16-,17+,19-/m1/s1. The molecule has 6 nitrogen and oxygen atoms in total. The van der Waals surface area contributed by atoms with Crippen molar-refractivity contribution < 1.29 is 18.7 Å². The minimum Gasteiger partial charge on any atom is -0.456 e. The Morgan fingerprint density at radius 2 is 2.12 bits per heavy atom. The van der Waals surface area contributed by atoms with Gasteiger partial charge in [-0.25, -0.2) is 0 Å². The number of furan rings is 1. The Kier molecular flexibility index (Phi) is 5.04. The van der Waals surface area contributed by atoms with Crippen molar-refractivity contribution in [2.45, 2.75) is 38.5 Å². The average Bonchev–Trinajstić information content (AvgIpc) is 3.27. The van der Waals surface area contributed by atoms with Gasteiger partial charge in [-0.2, -0.15) is 0 Å². The molecule has 4 rings (SSSR count). The lowest BCUT2D eigenvalue weighted by atomic mass is 10.1. The van der Waals surface area contributed by atoms with Crippen molar-refractivity contribution in [1.82, 2.24) is 9.88 Å². The monoisotopic (exact) mass is 356 g/mol. The largest absolute Gasteiger partial charge is 0.456 e. The summed E-state index contributed by atoms with van der Waals surface area (Å²) in [6, 6.07) is 7.62. The lowest BCUT2D eigenvalue weighted by molar-refractivity contribution is -0.0459. The molecule has 1 saturated carbocycles. The van der Waals surface area contributed by atoms with Crippen molar-refractivity contribution in [3.63, 3.8) is 0 Å². The van der Waals surface area contributed by atoms with E-state index in [1.807, 2.05) is 30.0 Å². The van der Waals surface area contributed by atoms with Crippen LogP contribution in [0.15, 0.2) is 41.1 Å². The first-order valence-corrected chi connectivity index (χ1v) is 9.16. The van der Waals surface area contributed by atoms with Gasteiger partial charge in [0.25, 0.3) is 5.91 Å². The number of aromatic nitrogens is 1. The zero-order chi connectivity index (χ0) is 17.9. The Morgan fingerprint density at radius 1 is 1.27 bits per heavy atom. The summed E-state index contributed by atoms with van der Waals surface area (Å²) in [6.45, 7) is 4.32. The van der Waals surface area contributed by atoms with Gasteiger partial charge in [-0.05, 0) is 55.5 Å². The van der Waals surface area contributed by atoms with Crippen LogP contribution in [0.5, 0.6) is 0 Å². The second-order valence-electron chi connectivity index (χ2n) is 7.09. The maximum atomic E-state index is 12.8. The van der Waals surface area contributed by atoms with E-state index in [1.54, 1.807) is 18.5 Å². The summed E-state index contributed by atoms with van der Waals surface area (Å²) in [6.07, 6.45) is 5.49. The number of carbonyl (C=O) groups excluding carboxylic acids is 1. The first-order valence-electron chi connectivity index (χ1n) is 9.16. The fourth-order valence-electron chi connectivity index (χ4n) is 3.95. The van der Waals surface area contributed by atoms with Crippen LogP contribution in [0.4, 0.5) is 0 Å². The quantitative estimate of drug-likeness (QED) is 0.824. The van der Waals surface area contributed by atoms with Crippen LogP contribution in [-0.2, 0) is 16.1 Å². The van der Waals surface area contributed by atoms with Gasteiger partial charge in [-0.1, -0.05) is 0 Å². The van der Waals surface area contributed by atoms with E-state index in [9.17, 15) is 4.79 Å². The molecule has 0 aromatic carbocycles. The Bertz CT molecular complexity index is 745. The van der Waals surface area contributed by atoms with E-state index in [2.05, 4.69) is 4.98 Å². The van der Waals surface area contributed by atoms with Gasteiger partial charge in [0.15, 0.2) is 5.76 Å². The molecule has 2 aliphatic rings. The van der Waals surface area contributed by atoms with Crippen LogP contribution in [0.3, 0.4) is 0 Å². The molecule has 6 heteroatoms. The van der Waals surface area contributed by atoms with E-state index < -0.39 is 0 Å². The molecule has 138 valence electrons. The number of ether oxygens (including phenoxy) is 2. The van der Waals surface area contributed by atoms with Crippen molar-refractivity contribution in [3.05, 3.63) is 53.7 Å². The van der Waals surface area contributed by atoms with E-state index >= 15 is 0 Å². The van der Waals surface area contributed by atoms with E-state index in [1.165, 1.54) is 0 Å². The summed E-state index contributed by atoms with van der Waals surface area (Å²) in [7, 11) is 0. The maximum absolute atomic E-state index is 12.8. The molecule has 3 atom stereocenters. The van der Waals surface area contributed by atoms with Crippen molar-refractivity contribution in [1.29, 1.82) is 0 Å². The molecule has 0 bridgehead atoms. The number of hydrogen-bond donors (Lipinski definition) is 0. The highest BCUT2D eigenvalue weighted by atomic mass is 16.5. The Labute approximate surface area is 153 Å². The van der Waals surface area contributed by atoms with Gasteiger partial charge in [-0.3, -0.25) is 9.78 Å². The molecule has 1 saturated heterocycles. The fraction of sp³-hybridized carbons (Fsp3) is 0.500. The minimum absolute atomic E-state index is 0.0326. The first-order chi connectivity index (χ1) is 12.7. The van der Waals surface area contributed by atoms with Crippen molar-refractivity contribution >= 4 is 5.91 Å². The van der Waals surface area contributed by atoms with Crippen LogP contribution >= 0.6 is 0 Å². The second-order valence-corrected chi connectivity index (χ2v) is 7.09. The zero-order valence-electron chi connectivity index (χ0n) is 15.0. The van der Waals surface area contributed by atoms with Gasteiger partial charge in [0, 0.05) is 18.9 Å². The number of amides is 1. The fourth-order valence-corrected chi connectivity index (χ4v) is 3.95. The van der Waals surface area contributed by atoms with Crippen LogP contribution in [-0.4, -0.2) is 47.7 Å². The SMILES string of the molecule is Cc1ccc(C(=O)N2CCO[C@@H]3C[C@H](COCc4ccncc4)C[C@@H]32)o1. The van der Waals surface area contributed by atoms with Crippen molar-refractivity contribution in [3.8, 4) is 0 Å². The zero-order valence-corrected chi connectivity index (χ0v) is 15.0. The van der Waals surface area contributed by atoms with Crippen LogP contribution in [0, 0.1) is 12.8 Å². The number of hydrogen-bond acceptors (Lipinski definition) is 5. The predicted molar refractivity (Wildman–Crippen MR) is 94.6 cm³/mol. The summed E-state index contributed by atoms with van der Waals surface area (Å²) in [5, 5.41) is 0. The van der Waals surface area contributed by atoms with Crippen LogP contribution in [0.1, 0.15) is 34.7 Å². The molecule has 0 unspecified atom stereocenters. The molecule has 2 aromatic heterocycles. The van der Waals surface area contributed by atoms with E-state index in [-0.39, 0.29) is 18.1 Å². The number of rotatable bonds is 5. The Balaban J connectivity index is 1.34. The highest BCUT2D eigenvalue weighted by Gasteiger charge is 2.43. The van der Waals surface area contributed by atoms with Crippen LogP contribution in [0.25, 0.3) is 0 Å². The molecule has 2 aromatic rings. The van der Waals surface area contributed by atoms with Crippen molar-refractivity contribution in [2.75, 3.05) is 19.8 Å². The highest BCUT2D eigenvalue weighted by Crippen LogP contribution is 2.35. The molecular formula is C20H24N2O4. The molecule has 1 aliphatic carbocycles. The first kappa shape index (κ1) is 17.2. The average molecular weight is 356 g/mol. The Morgan fingerprint density at radius 3 is 2.88 bits per heavy atom. The normalized spacial score (nSPS) is 25.3. The number of carbonyl (C=O) groups is 1. The summed E-state index contributed by atoms with van der Waals surface area (Å²) >= 11 is 0. The number of morpholine rings is 1. The Hall–Kier alpha value is -2.18. The number of pyridine rings is 1. The van der Waals surface area contributed by atoms with Gasteiger partial charge in [-0.15, -0.1) is 0 Å². The molecule has 0 radical (unpaired) electrons. The third-order valence-corrected chi connectivity index (χ3v) is 5.22. The van der Waals surface area contributed by atoms with Gasteiger partial charge in [0.2, 0.25) is 0 Å². The third kappa shape index (κ3) is 3.66. The van der Waals surface area contributed by atoms with Gasteiger partial charge >= 0.3 is 0 Å². The van der Waals surface area contributed by atoms with E-state index in [0.717, 1.165) is 24.2 Å². The minimum atomic E-state index is -0.0326. The summed E-state index contributed by atoms with van der Waals surface area (Å²) in [4.78, 5) is 18.7. The third-order valence-electron chi connectivity index (χ3n) is 5.22. The predicted octanol–water partition coefficient (Wildman–Crippen LogP) is 2.82. The topological polar surface area (TPSA) is 64.8 Å². The highest BCUT2D eigenvalue weighted by molar-refractivity contribution is 5.92. The summed E-state index contributed by atoms with van der Waals surface area (Å²) in [5.41, 5.74) is 1.12. The maximum Gasteiger partial charge on any atom is 0.289 e. The van der Waals surface area contributed by atoms with Crippen LogP contribution in [0.2, 0.25) is 0 Å². The number of aryl methyl sites for hydroxylation is 1. The number of fused-ring (bicyclic) bond motifs is 1. The smallest absolute Gasteiger partial charge is 0.289 e. The summed E-state index contributed by atoms with van der Waals surface area (Å²) in [5.74, 6) is 1.54. The molecule has 0 N–H and O–H groups in total. The summed E-state index contributed by atoms with van der Waals surface area (Å²) < 4.78 is 17.3. The van der Waals surface area contributed by atoms with Gasteiger partial charge < -0.3 is 18.8 Å². The molecular weight excluding hydrogens is 332 g/mol. The lowest BCUT2D eigenvalue weighted by Crippen LogP contribution is -2.51. The number of nitrogens with zero attached hydrogens (tertiary/aromatic N) is 2. The van der Waals surface area contributed by atoms with E-state index in [0.29, 0.717) is 38.0 Å².